The van der Waals surface area contributed by atoms with Gasteiger partial charge in [-0.25, -0.2) is 4.79 Å². The molecule has 0 unspecified atom stereocenters. The van der Waals surface area contributed by atoms with Gasteiger partial charge in [-0.3, -0.25) is 0 Å². The lowest BCUT2D eigenvalue weighted by atomic mass is 10.4. The first-order chi connectivity index (χ1) is 6.77. The van der Waals surface area contributed by atoms with E-state index >= 15 is 0 Å². The molecule has 1 rings (SSSR count). The molecule has 0 atom stereocenters. The molecule has 0 aliphatic carbocycles. The van der Waals surface area contributed by atoms with Gasteiger partial charge in [0.2, 0.25) is 0 Å². The van der Waals surface area contributed by atoms with Crippen LogP contribution in [0.15, 0.2) is 16.8 Å². The minimum Gasteiger partial charge on any atom is -0.360 e. The van der Waals surface area contributed by atoms with Gasteiger partial charge in [-0.2, -0.15) is 0 Å². The number of nitrogens with one attached hydrogen (secondary N) is 1. The summed E-state index contributed by atoms with van der Waals surface area (Å²) in [4.78, 5) is 13.2. The first-order valence-corrected chi connectivity index (χ1v) is 4.70. The van der Waals surface area contributed by atoms with Crippen molar-refractivity contribution in [3.63, 3.8) is 0 Å². The molecule has 0 fully saturated rings. The van der Waals surface area contributed by atoms with E-state index in [0.717, 1.165) is 0 Å². The van der Waals surface area contributed by atoms with Crippen LogP contribution in [0.3, 0.4) is 0 Å². The quantitative estimate of drug-likeness (QED) is 0.789. The fourth-order valence-electron chi connectivity index (χ4n) is 1.12. The summed E-state index contributed by atoms with van der Waals surface area (Å²) in [5.41, 5.74) is 0. The second-order valence-corrected chi connectivity index (χ2v) is 2.81. The first-order valence-electron chi connectivity index (χ1n) is 4.70. The summed E-state index contributed by atoms with van der Waals surface area (Å²) in [7, 11) is 0. The molecule has 0 spiro atoms. The average Bonchev–Trinajstić information content (AvgIpc) is 2.69. The molecule has 5 heteroatoms. The zero-order chi connectivity index (χ0) is 10.4. The zero-order valence-corrected chi connectivity index (χ0v) is 8.49. The summed E-state index contributed by atoms with van der Waals surface area (Å²) >= 11 is 0. The van der Waals surface area contributed by atoms with E-state index < -0.39 is 0 Å². The van der Waals surface area contributed by atoms with Crippen molar-refractivity contribution in [1.82, 2.24) is 15.4 Å². The molecule has 5 nitrogen and oxygen atoms in total. The zero-order valence-electron chi connectivity index (χ0n) is 8.49. The van der Waals surface area contributed by atoms with Gasteiger partial charge in [0.15, 0.2) is 5.76 Å². The summed E-state index contributed by atoms with van der Waals surface area (Å²) in [5, 5.41) is 6.29. The highest BCUT2D eigenvalue weighted by Gasteiger charge is 2.08. The number of hydrogen-bond donors (Lipinski definition) is 1. The van der Waals surface area contributed by atoms with Crippen molar-refractivity contribution in [2.75, 3.05) is 13.1 Å². The predicted molar refractivity (Wildman–Crippen MR) is 51.7 cm³/mol. The van der Waals surface area contributed by atoms with Crippen LogP contribution in [-0.4, -0.2) is 29.2 Å². The molecule has 0 bridgehead atoms. The van der Waals surface area contributed by atoms with E-state index in [4.69, 9.17) is 4.52 Å². The van der Waals surface area contributed by atoms with Crippen LogP contribution in [0.25, 0.3) is 0 Å². The minimum absolute atomic E-state index is 0.0774. The summed E-state index contributed by atoms with van der Waals surface area (Å²) in [5.74, 6) is 0.658. The molecule has 1 aromatic heterocycles. The van der Waals surface area contributed by atoms with Crippen LogP contribution in [0.1, 0.15) is 19.6 Å². The van der Waals surface area contributed by atoms with Gasteiger partial charge in [0.05, 0.1) is 12.7 Å². The van der Waals surface area contributed by atoms with E-state index in [1.54, 1.807) is 17.2 Å². The molecule has 2 amide bonds. The Morgan fingerprint density at radius 3 is 2.79 bits per heavy atom. The molecule has 1 aromatic rings. The predicted octanol–water partition coefficient (Wildman–Crippen LogP) is 1.23. The third-order valence-corrected chi connectivity index (χ3v) is 1.96. The lowest BCUT2D eigenvalue weighted by Crippen LogP contribution is -2.39. The number of hydrogen-bond acceptors (Lipinski definition) is 3. The summed E-state index contributed by atoms with van der Waals surface area (Å²) in [6.45, 7) is 5.68. The number of aromatic nitrogens is 1. The number of rotatable bonds is 4. The maximum atomic E-state index is 11.5. The standard InChI is InChI=1S/C9H15N3O2/c1-3-12(4-2)9(13)10-7-8-5-6-11-14-8/h5-6H,3-4,7H2,1-2H3,(H,10,13). The highest BCUT2D eigenvalue weighted by Crippen LogP contribution is 1.96. The number of nitrogens with zero attached hydrogens (tertiary/aromatic N) is 2. The molecule has 0 saturated carbocycles. The molecule has 14 heavy (non-hydrogen) atoms. The van der Waals surface area contributed by atoms with Crippen molar-refractivity contribution < 1.29 is 9.32 Å². The minimum atomic E-state index is -0.0774. The third-order valence-electron chi connectivity index (χ3n) is 1.96. The van der Waals surface area contributed by atoms with Gasteiger partial charge in [0, 0.05) is 19.2 Å². The van der Waals surface area contributed by atoms with E-state index in [2.05, 4.69) is 10.5 Å². The Labute approximate surface area is 83.1 Å². The number of carbonyl (C=O) groups excluding carboxylic acids is 1. The fourth-order valence-corrected chi connectivity index (χ4v) is 1.12. The molecule has 0 saturated heterocycles. The third kappa shape index (κ3) is 2.76. The van der Waals surface area contributed by atoms with E-state index in [-0.39, 0.29) is 6.03 Å². The van der Waals surface area contributed by atoms with E-state index in [1.807, 2.05) is 13.8 Å². The smallest absolute Gasteiger partial charge is 0.317 e. The van der Waals surface area contributed by atoms with Gasteiger partial charge in [-0.15, -0.1) is 0 Å². The largest absolute Gasteiger partial charge is 0.360 e. The van der Waals surface area contributed by atoms with Crippen molar-refractivity contribution in [3.05, 3.63) is 18.0 Å². The Morgan fingerprint density at radius 2 is 2.29 bits per heavy atom. The topological polar surface area (TPSA) is 58.4 Å². The Kier molecular flexibility index (Phi) is 3.97. The molecule has 1 N–H and O–H groups in total. The van der Waals surface area contributed by atoms with Gasteiger partial charge in [0.1, 0.15) is 0 Å². The Hall–Kier alpha value is -1.52. The van der Waals surface area contributed by atoms with Crippen LogP contribution in [0.2, 0.25) is 0 Å². The van der Waals surface area contributed by atoms with Crippen LogP contribution >= 0.6 is 0 Å². The van der Waals surface area contributed by atoms with Crippen LogP contribution in [0.4, 0.5) is 4.79 Å². The van der Waals surface area contributed by atoms with Crippen molar-refractivity contribution in [1.29, 1.82) is 0 Å². The Morgan fingerprint density at radius 1 is 1.57 bits per heavy atom. The molecule has 0 aliphatic heterocycles. The summed E-state index contributed by atoms with van der Waals surface area (Å²) in [6.07, 6.45) is 1.55. The molecule has 78 valence electrons. The van der Waals surface area contributed by atoms with Crippen molar-refractivity contribution >= 4 is 6.03 Å². The lowest BCUT2D eigenvalue weighted by molar-refractivity contribution is 0.201. The fraction of sp³-hybridized carbons (Fsp3) is 0.556. The first kappa shape index (κ1) is 10.6. The van der Waals surface area contributed by atoms with Crippen LogP contribution in [0.5, 0.6) is 0 Å². The van der Waals surface area contributed by atoms with Crippen molar-refractivity contribution in [3.8, 4) is 0 Å². The molecular weight excluding hydrogens is 182 g/mol. The van der Waals surface area contributed by atoms with Gasteiger partial charge >= 0.3 is 6.03 Å². The van der Waals surface area contributed by atoms with Crippen LogP contribution < -0.4 is 5.32 Å². The molecule has 0 aromatic carbocycles. The van der Waals surface area contributed by atoms with E-state index in [0.29, 0.717) is 25.4 Å². The Bertz CT molecular complexity index is 268. The van der Waals surface area contributed by atoms with E-state index in [1.165, 1.54) is 0 Å². The van der Waals surface area contributed by atoms with Crippen LogP contribution in [-0.2, 0) is 6.54 Å². The number of amides is 2. The molecule has 0 aliphatic rings. The molecule has 1 heterocycles. The summed E-state index contributed by atoms with van der Waals surface area (Å²) in [6, 6.07) is 1.65. The average molecular weight is 197 g/mol. The summed E-state index contributed by atoms with van der Waals surface area (Å²) < 4.78 is 4.85. The molecule has 0 radical (unpaired) electrons. The second kappa shape index (κ2) is 5.26. The van der Waals surface area contributed by atoms with Crippen molar-refractivity contribution in [2.24, 2.45) is 0 Å². The highest BCUT2D eigenvalue weighted by molar-refractivity contribution is 5.73. The van der Waals surface area contributed by atoms with Gasteiger partial charge in [-0.05, 0) is 13.8 Å². The van der Waals surface area contributed by atoms with Crippen molar-refractivity contribution in [2.45, 2.75) is 20.4 Å². The molecular formula is C9H15N3O2. The maximum absolute atomic E-state index is 11.5. The van der Waals surface area contributed by atoms with Gasteiger partial charge < -0.3 is 14.7 Å². The highest BCUT2D eigenvalue weighted by atomic mass is 16.5. The Balaban J connectivity index is 2.34. The van der Waals surface area contributed by atoms with Gasteiger partial charge in [0.25, 0.3) is 0 Å². The maximum Gasteiger partial charge on any atom is 0.317 e. The van der Waals surface area contributed by atoms with Crippen LogP contribution in [0, 0.1) is 0 Å². The number of urea groups is 1. The number of carbonyl (C=O) groups is 1. The second-order valence-electron chi connectivity index (χ2n) is 2.81. The van der Waals surface area contributed by atoms with E-state index in [9.17, 15) is 4.79 Å². The SMILES string of the molecule is CCN(CC)C(=O)NCc1ccno1. The lowest BCUT2D eigenvalue weighted by Gasteiger charge is -2.18. The van der Waals surface area contributed by atoms with Gasteiger partial charge in [-0.1, -0.05) is 5.16 Å². The monoisotopic (exact) mass is 197 g/mol. The normalized spacial score (nSPS) is 9.86.